The molecular weight excluding hydrogens is 374 g/mol. The summed E-state index contributed by atoms with van der Waals surface area (Å²) in [7, 11) is 0. The number of amides is 2. The largest absolute Gasteiger partial charge is 0.462 e. The van der Waals surface area contributed by atoms with Crippen LogP contribution in [0.4, 0.5) is 5.88 Å². The van der Waals surface area contributed by atoms with Crippen LogP contribution in [0, 0.1) is 6.92 Å². The molecule has 2 rings (SSSR count). The lowest BCUT2D eigenvalue weighted by atomic mass is 10.1. The number of aryl methyl sites for hydroxylation is 1. The van der Waals surface area contributed by atoms with Gasteiger partial charge in [-0.15, -0.1) is 16.8 Å². The first kappa shape index (κ1) is 20.2. The van der Waals surface area contributed by atoms with E-state index in [2.05, 4.69) is 22.1 Å². The van der Waals surface area contributed by atoms with Crippen molar-refractivity contribution in [2.24, 2.45) is 5.73 Å². The van der Waals surface area contributed by atoms with Crippen LogP contribution in [0.3, 0.4) is 0 Å². The lowest BCUT2D eigenvalue weighted by Gasteiger charge is -2.05. The van der Waals surface area contributed by atoms with Crippen LogP contribution in [0.15, 0.2) is 28.6 Å². The van der Waals surface area contributed by atoms with Gasteiger partial charge in [0.15, 0.2) is 5.16 Å². The van der Waals surface area contributed by atoms with Gasteiger partial charge in [-0.05, 0) is 13.8 Å². The Balaban J connectivity index is 2.14. The van der Waals surface area contributed by atoms with Crippen LogP contribution in [-0.2, 0) is 16.1 Å². The predicted octanol–water partition coefficient (Wildman–Crippen LogP) is 1.37. The number of anilines is 1. The number of esters is 1. The maximum Gasteiger partial charge on any atom is 0.342 e. The van der Waals surface area contributed by atoms with Crippen molar-refractivity contribution in [2.75, 3.05) is 17.7 Å². The highest BCUT2D eigenvalue weighted by Gasteiger charge is 2.29. The van der Waals surface area contributed by atoms with Crippen LogP contribution >= 0.6 is 11.8 Å². The number of thioether (sulfide) groups is 1. The highest BCUT2D eigenvalue weighted by molar-refractivity contribution is 7.99. The number of hydrogen-bond donors (Lipinski definition) is 2. The number of hydrogen-bond acceptors (Lipinski definition) is 8. The van der Waals surface area contributed by atoms with Crippen LogP contribution < -0.4 is 11.1 Å². The Bertz CT molecular complexity index is 873. The van der Waals surface area contributed by atoms with Crippen molar-refractivity contribution in [3.8, 4) is 0 Å². The first-order chi connectivity index (χ1) is 12.9. The number of ether oxygens (including phenoxy) is 1. The van der Waals surface area contributed by atoms with Gasteiger partial charge in [-0.25, -0.2) is 4.79 Å². The number of aromatic nitrogens is 3. The van der Waals surface area contributed by atoms with Crippen LogP contribution in [-0.4, -0.2) is 44.9 Å². The first-order valence-electron chi connectivity index (χ1n) is 7.90. The van der Waals surface area contributed by atoms with E-state index in [1.807, 2.05) is 0 Å². The molecule has 0 aromatic carbocycles. The monoisotopic (exact) mass is 393 g/mol. The maximum atomic E-state index is 12.2. The molecule has 0 aliphatic carbocycles. The third-order valence-electron chi connectivity index (χ3n) is 3.30. The molecule has 10 nitrogen and oxygen atoms in total. The number of primary amides is 1. The molecule has 2 aromatic rings. The molecule has 2 heterocycles. The summed E-state index contributed by atoms with van der Waals surface area (Å²) in [6.07, 6.45) is 3.20. The van der Waals surface area contributed by atoms with Crippen LogP contribution in [0.25, 0.3) is 0 Å². The van der Waals surface area contributed by atoms with E-state index in [-0.39, 0.29) is 35.1 Å². The standard InChI is InChI=1S/C16H19N5O5S/c1-4-6-21-8-18-20-16(21)27-7-10(22)19-14-12(13(17)23)11(9(3)26-14)15(24)25-5-2/h4,8H,1,5-7H2,2-3H3,(H2,17,23)(H,19,22). The third-order valence-corrected chi connectivity index (χ3v) is 4.28. The second-order valence-electron chi connectivity index (χ2n) is 5.21. The summed E-state index contributed by atoms with van der Waals surface area (Å²) in [4.78, 5) is 36.0. The second kappa shape index (κ2) is 9.03. The normalized spacial score (nSPS) is 10.4. The first-order valence-corrected chi connectivity index (χ1v) is 8.89. The molecule has 3 N–H and O–H groups in total. The van der Waals surface area contributed by atoms with E-state index in [4.69, 9.17) is 14.9 Å². The van der Waals surface area contributed by atoms with Crippen molar-refractivity contribution in [3.63, 3.8) is 0 Å². The molecule has 0 radical (unpaired) electrons. The number of furan rings is 1. The zero-order chi connectivity index (χ0) is 20.0. The average Bonchev–Trinajstić information content (AvgIpc) is 3.17. The zero-order valence-electron chi connectivity index (χ0n) is 14.9. The lowest BCUT2D eigenvalue weighted by molar-refractivity contribution is -0.113. The van der Waals surface area contributed by atoms with Crippen LogP contribution in [0.2, 0.25) is 0 Å². The summed E-state index contributed by atoms with van der Waals surface area (Å²) in [5, 5.41) is 10.7. The SMILES string of the molecule is C=CCn1cnnc1SCC(=O)Nc1oc(C)c(C(=O)OCC)c1C(N)=O. The predicted molar refractivity (Wildman–Crippen MR) is 97.5 cm³/mol. The zero-order valence-corrected chi connectivity index (χ0v) is 15.7. The molecule has 0 saturated heterocycles. The molecule has 0 fully saturated rings. The van der Waals surface area contributed by atoms with Crippen molar-refractivity contribution in [2.45, 2.75) is 25.5 Å². The fourth-order valence-electron chi connectivity index (χ4n) is 2.23. The van der Waals surface area contributed by atoms with Gasteiger partial charge < -0.3 is 19.5 Å². The van der Waals surface area contributed by atoms with Gasteiger partial charge >= 0.3 is 5.97 Å². The molecule has 2 amide bonds. The van der Waals surface area contributed by atoms with Gasteiger partial charge in [0.25, 0.3) is 5.91 Å². The highest BCUT2D eigenvalue weighted by atomic mass is 32.2. The fourth-order valence-corrected chi connectivity index (χ4v) is 2.95. The number of rotatable bonds is 9. The number of carbonyl (C=O) groups is 3. The Morgan fingerprint density at radius 3 is 2.81 bits per heavy atom. The maximum absolute atomic E-state index is 12.2. The number of allylic oxidation sites excluding steroid dienone is 1. The van der Waals surface area contributed by atoms with Gasteiger partial charge in [0, 0.05) is 6.54 Å². The summed E-state index contributed by atoms with van der Waals surface area (Å²) in [6, 6.07) is 0. The van der Waals surface area contributed by atoms with Crippen molar-refractivity contribution in [1.29, 1.82) is 0 Å². The molecule has 0 unspecified atom stereocenters. The number of carbonyl (C=O) groups excluding carboxylic acids is 3. The van der Waals surface area contributed by atoms with Gasteiger partial charge in [0.05, 0.1) is 12.4 Å². The Morgan fingerprint density at radius 1 is 1.44 bits per heavy atom. The third kappa shape index (κ3) is 4.76. The van der Waals surface area contributed by atoms with Crippen molar-refractivity contribution in [1.82, 2.24) is 14.8 Å². The van der Waals surface area contributed by atoms with E-state index in [9.17, 15) is 14.4 Å². The van der Waals surface area contributed by atoms with Gasteiger partial charge in [0.1, 0.15) is 23.2 Å². The Kier molecular flexibility index (Phi) is 6.77. The molecule has 27 heavy (non-hydrogen) atoms. The van der Waals surface area contributed by atoms with E-state index >= 15 is 0 Å². The molecule has 11 heteroatoms. The van der Waals surface area contributed by atoms with E-state index in [1.54, 1.807) is 17.6 Å². The molecule has 2 aromatic heterocycles. The number of nitrogens with two attached hydrogens (primary N) is 1. The van der Waals surface area contributed by atoms with E-state index in [0.717, 1.165) is 11.8 Å². The summed E-state index contributed by atoms with van der Waals surface area (Å²) < 4.78 is 12.0. The molecule has 0 bridgehead atoms. The summed E-state index contributed by atoms with van der Waals surface area (Å²) >= 11 is 1.14. The van der Waals surface area contributed by atoms with Gasteiger partial charge in [-0.3, -0.25) is 14.9 Å². The van der Waals surface area contributed by atoms with E-state index < -0.39 is 17.8 Å². The average molecular weight is 393 g/mol. The lowest BCUT2D eigenvalue weighted by Crippen LogP contribution is -2.21. The number of nitrogens with zero attached hydrogens (tertiary/aromatic N) is 3. The van der Waals surface area contributed by atoms with E-state index in [0.29, 0.717) is 11.7 Å². The Hall–Kier alpha value is -3.08. The quantitative estimate of drug-likeness (QED) is 0.369. The highest BCUT2D eigenvalue weighted by Crippen LogP contribution is 2.28. The summed E-state index contributed by atoms with van der Waals surface area (Å²) in [5.74, 6) is -2.23. The minimum atomic E-state index is -0.913. The minimum Gasteiger partial charge on any atom is -0.462 e. The smallest absolute Gasteiger partial charge is 0.342 e. The number of nitrogens with one attached hydrogen (secondary N) is 1. The van der Waals surface area contributed by atoms with Crippen molar-refractivity contribution < 1.29 is 23.5 Å². The van der Waals surface area contributed by atoms with Gasteiger partial charge in [-0.1, -0.05) is 17.8 Å². The van der Waals surface area contributed by atoms with Gasteiger partial charge in [-0.2, -0.15) is 0 Å². The Morgan fingerprint density at radius 2 is 2.19 bits per heavy atom. The minimum absolute atomic E-state index is 0.0253. The summed E-state index contributed by atoms with van der Waals surface area (Å²) in [6.45, 7) is 7.35. The molecular formula is C16H19N5O5S. The topological polar surface area (TPSA) is 142 Å². The van der Waals surface area contributed by atoms with Gasteiger partial charge in [0.2, 0.25) is 11.8 Å². The fraction of sp³-hybridized carbons (Fsp3) is 0.312. The molecule has 144 valence electrons. The summed E-state index contributed by atoms with van der Waals surface area (Å²) in [5.41, 5.74) is 5.03. The molecule has 0 atom stereocenters. The Labute approximate surface area is 159 Å². The molecule has 0 aliphatic rings. The second-order valence-corrected chi connectivity index (χ2v) is 6.16. The van der Waals surface area contributed by atoms with E-state index in [1.165, 1.54) is 13.3 Å². The van der Waals surface area contributed by atoms with Crippen molar-refractivity contribution >= 4 is 35.4 Å². The molecule has 0 aliphatic heterocycles. The van der Waals surface area contributed by atoms with Crippen LogP contribution in [0.1, 0.15) is 33.4 Å². The van der Waals surface area contributed by atoms with Crippen LogP contribution in [0.5, 0.6) is 0 Å². The molecule has 0 saturated carbocycles. The molecule has 0 spiro atoms. The van der Waals surface area contributed by atoms with Crippen molar-refractivity contribution in [3.05, 3.63) is 35.9 Å².